The van der Waals surface area contributed by atoms with E-state index in [4.69, 9.17) is 12.2 Å². The smallest absolute Gasteiger partial charge is 0.237 e. The zero-order valence-corrected chi connectivity index (χ0v) is 15.9. The second kappa shape index (κ2) is 8.07. The predicted octanol–water partition coefficient (Wildman–Crippen LogP) is 5.06. The Balaban J connectivity index is 1.69. The van der Waals surface area contributed by atoms with Crippen molar-refractivity contribution in [2.45, 2.75) is 16.5 Å². The minimum atomic E-state index is -0.428. The van der Waals surface area contributed by atoms with Gasteiger partial charge in [-0.2, -0.15) is 0 Å². The van der Waals surface area contributed by atoms with Gasteiger partial charge in [0.1, 0.15) is 11.6 Å². The van der Waals surface area contributed by atoms with Crippen molar-refractivity contribution >= 4 is 46.9 Å². The number of nitrogens with zero attached hydrogens (tertiary/aromatic N) is 2. The summed E-state index contributed by atoms with van der Waals surface area (Å²) >= 11 is 7.84. The number of benzene rings is 2. The van der Waals surface area contributed by atoms with Crippen LogP contribution in [0.15, 0.2) is 52.9 Å². The van der Waals surface area contributed by atoms with Crippen molar-refractivity contribution in [3.8, 4) is 5.69 Å². The first-order valence-electron chi connectivity index (χ1n) is 7.51. The monoisotopic (exact) mass is 409 g/mol. The van der Waals surface area contributed by atoms with Crippen LogP contribution in [0.4, 0.5) is 14.5 Å². The van der Waals surface area contributed by atoms with Gasteiger partial charge in [0.25, 0.3) is 0 Å². The molecule has 1 aromatic heterocycles. The van der Waals surface area contributed by atoms with Crippen LogP contribution >= 0.6 is 35.3 Å². The third-order valence-corrected chi connectivity index (χ3v) is 5.78. The van der Waals surface area contributed by atoms with E-state index in [1.165, 1.54) is 64.2 Å². The van der Waals surface area contributed by atoms with Crippen molar-refractivity contribution < 1.29 is 13.6 Å². The Morgan fingerprint density at radius 2 is 1.73 bits per heavy atom. The minimum absolute atomic E-state index is 0.226. The van der Waals surface area contributed by atoms with Gasteiger partial charge >= 0.3 is 0 Å². The predicted molar refractivity (Wildman–Crippen MR) is 103 cm³/mol. The summed E-state index contributed by atoms with van der Waals surface area (Å²) in [4.78, 5) is 12.3. The molecule has 0 bridgehead atoms. The fraction of sp³-hybridized carbons (Fsp3) is 0.118. The summed E-state index contributed by atoms with van der Waals surface area (Å²) in [5, 5.41) is 6.69. The van der Waals surface area contributed by atoms with E-state index in [1.54, 1.807) is 19.1 Å². The molecule has 26 heavy (non-hydrogen) atoms. The number of thioether (sulfide) groups is 1. The molecule has 1 heterocycles. The summed E-state index contributed by atoms with van der Waals surface area (Å²) in [6, 6.07) is 11.4. The zero-order chi connectivity index (χ0) is 18.7. The van der Waals surface area contributed by atoms with Gasteiger partial charge in [-0.25, -0.2) is 13.5 Å². The highest BCUT2D eigenvalue weighted by molar-refractivity contribution is 8.02. The average Bonchev–Trinajstić information content (AvgIpc) is 2.97. The molecule has 1 N–H and O–H groups in total. The summed E-state index contributed by atoms with van der Waals surface area (Å²) in [5.74, 6) is -0.927. The molecule has 1 atom stereocenters. The maximum absolute atomic E-state index is 13.0. The van der Waals surface area contributed by atoms with Gasteiger partial charge in [0.2, 0.25) is 5.91 Å². The van der Waals surface area contributed by atoms with Gasteiger partial charge in [-0.3, -0.25) is 4.79 Å². The Labute approximate surface area is 161 Å². The number of halogens is 2. The summed E-state index contributed by atoms with van der Waals surface area (Å²) in [6.45, 7) is 1.75. The number of amides is 1. The number of carbonyl (C=O) groups is 1. The van der Waals surface area contributed by atoms with E-state index >= 15 is 0 Å². The number of hydrogen-bond acceptors (Lipinski definition) is 5. The maximum atomic E-state index is 13.0. The molecule has 1 amide bonds. The molecule has 2 aromatic carbocycles. The number of rotatable bonds is 5. The van der Waals surface area contributed by atoms with Crippen molar-refractivity contribution in [3.05, 3.63) is 64.1 Å². The highest BCUT2D eigenvalue weighted by Gasteiger charge is 2.17. The van der Waals surface area contributed by atoms with Crippen molar-refractivity contribution in [2.75, 3.05) is 5.32 Å². The third-order valence-electron chi connectivity index (χ3n) is 3.36. The molecule has 4 nitrogen and oxygen atoms in total. The first kappa shape index (κ1) is 18.7. The molecular weight excluding hydrogens is 396 g/mol. The molecule has 3 aromatic rings. The molecule has 0 aliphatic rings. The Morgan fingerprint density at radius 1 is 1.15 bits per heavy atom. The molecular formula is C17H13F2N3OS3. The summed E-state index contributed by atoms with van der Waals surface area (Å²) < 4.78 is 28.6. The van der Waals surface area contributed by atoms with Crippen LogP contribution in [0.2, 0.25) is 0 Å². The second-order valence-corrected chi connectivity index (χ2v) is 8.49. The molecule has 0 saturated carbocycles. The molecule has 0 aliphatic carbocycles. The van der Waals surface area contributed by atoms with E-state index < -0.39 is 5.25 Å². The molecule has 0 aliphatic heterocycles. The van der Waals surface area contributed by atoms with Crippen LogP contribution in [0.5, 0.6) is 0 Å². The van der Waals surface area contributed by atoms with Crippen LogP contribution in [-0.2, 0) is 4.79 Å². The van der Waals surface area contributed by atoms with E-state index in [-0.39, 0.29) is 17.5 Å². The molecule has 0 unspecified atom stereocenters. The first-order chi connectivity index (χ1) is 12.4. The lowest BCUT2D eigenvalue weighted by molar-refractivity contribution is -0.115. The SMILES string of the molecule is C[C@H](Sc1nn(-c2ccc(F)cc2)c(=S)s1)C(=O)Nc1ccc(F)cc1. The molecule has 0 radical (unpaired) electrons. The average molecular weight is 410 g/mol. The third kappa shape index (κ3) is 4.54. The van der Waals surface area contributed by atoms with Gasteiger partial charge in [0.15, 0.2) is 8.29 Å². The topological polar surface area (TPSA) is 46.9 Å². The van der Waals surface area contributed by atoms with Gasteiger partial charge in [0, 0.05) is 5.69 Å². The highest BCUT2D eigenvalue weighted by Crippen LogP contribution is 2.28. The minimum Gasteiger partial charge on any atom is -0.325 e. The molecule has 0 spiro atoms. The standard InChI is InChI=1S/C17H13F2N3OS3/c1-10(15(23)20-13-6-2-11(18)3-7-13)25-16-21-22(17(24)26-16)14-8-4-12(19)5-9-14/h2-10H,1H3,(H,20,23)/t10-/m0/s1. The Morgan fingerprint density at radius 3 is 2.35 bits per heavy atom. The summed E-state index contributed by atoms with van der Waals surface area (Å²) in [7, 11) is 0. The van der Waals surface area contributed by atoms with E-state index in [1.807, 2.05) is 0 Å². The number of carbonyl (C=O) groups excluding carboxylic acids is 1. The van der Waals surface area contributed by atoms with E-state index in [0.717, 1.165) is 0 Å². The van der Waals surface area contributed by atoms with Crippen molar-refractivity contribution in [3.63, 3.8) is 0 Å². The largest absolute Gasteiger partial charge is 0.325 e. The fourth-order valence-corrected chi connectivity index (χ4v) is 4.54. The van der Waals surface area contributed by atoms with Crippen molar-refractivity contribution in [1.29, 1.82) is 0 Å². The first-order valence-corrected chi connectivity index (χ1v) is 9.62. The molecule has 0 saturated heterocycles. The lowest BCUT2D eigenvalue weighted by Crippen LogP contribution is -2.22. The number of nitrogens with one attached hydrogen (secondary N) is 1. The number of aromatic nitrogens is 2. The van der Waals surface area contributed by atoms with E-state index in [9.17, 15) is 13.6 Å². The Kier molecular flexibility index (Phi) is 5.80. The van der Waals surface area contributed by atoms with Crippen LogP contribution < -0.4 is 5.32 Å². The van der Waals surface area contributed by atoms with E-state index in [2.05, 4.69) is 10.4 Å². The maximum Gasteiger partial charge on any atom is 0.237 e. The van der Waals surface area contributed by atoms with E-state index in [0.29, 0.717) is 19.7 Å². The van der Waals surface area contributed by atoms with Crippen molar-refractivity contribution in [2.24, 2.45) is 0 Å². The number of hydrogen-bond donors (Lipinski definition) is 1. The van der Waals surface area contributed by atoms with Gasteiger partial charge in [-0.05, 0) is 67.7 Å². The highest BCUT2D eigenvalue weighted by atomic mass is 32.2. The quantitative estimate of drug-likeness (QED) is 0.473. The molecule has 0 fully saturated rings. The van der Waals surface area contributed by atoms with Gasteiger partial charge in [-0.15, -0.1) is 5.10 Å². The second-order valence-electron chi connectivity index (χ2n) is 5.28. The number of anilines is 1. The van der Waals surface area contributed by atoms with Crippen LogP contribution in [-0.4, -0.2) is 20.9 Å². The molecule has 134 valence electrons. The summed E-state index contributed by atoms with van der Waals surface area (Å²) in [5.41, 5.74) is 1.18. The molecule has 9 heteroatoms. The lowest BCUT2D eigenvalue weighted by atomic mass is 10.3. The summed E-state index contributed by atoms with van der Waals surface area (Å²) in [6.07, 6.45) is 0. The normalized spacial score (nSPS) is 12.0. The zero-order valence-electron chi connectivity index (χ0n) is 13.5. The van der Waals surface area contributed by atoms with Gasteiger partial charge < -0.3 is 5.32 Å². The molecule has 3 rings (SSSR count). The lowest BCUT2D eigenvalue weighted by Gasteiger charge is -2.10. The van der Waals surface area contributed by atoms with Crippen LogP contribution in [0.25, 0.3) is 5.69 Å². The Bertz CT molecular complexity index is 968. The van der Waals surface area contributed by atoms with Crippen LogP contribution in [0, 0.1) is 15.6 Å². The van der Waals surface area contributed by atoms with Gasteiger partial charge in [-0.1, -0.05) is 23.1 Å². The van der Waals surface area contributed by atoms with Crippen LogP contribution in [0.3, 0.4) is 0 Å². The Hall–Kier alpha value is -2.10. The fourth-order valence-electron chi connectivity index (χ4n) is 2.04. The van der Waals surface area contributed by atoms with Gasteiger partial charge in [0.05, 0.1) is 10.9 Å². The van der Waals surface area contributed by atoms with Crippen molar-refractivity contribution in [1.82, 2.24) is 9.78 Å². The van der Waals surface area contributed by atoms with Crippen LogP contribution in [0.1, 0.15) is 6.92 Å².